The van der Waals surface area contributed by atoms with E-state index in [1.807, 2.05) is 24.9 Å². The average molecular weight is 265 g/mol. The first-order valence-electron chi connectivity index (χ1n) is 6.58. The Morgan fingerprint density at radius 2 is 2.16 bits per heavy atom. The van der Waals surface area contributed by atoms with E-state index in [1.54, 1.807) is 7.05 Å². The lowest BCUT2D eigenvalue weighted by molar-refractivity contribution is -0.120. The molecule has 0 radical (unpaired) electrons. The molecule has 0 aliphatic heterocycles. The maximum absolute atomic E-state index is 11.2. The normalized spacial score (nSPS) is 10.1. The van der Waals surface area contributed by atoms with Gasteiger partial charge in [0.15, 0.2) is 0 Å². The predicted molar refractivity (Wildman–Crippen MR) is 77.5 cm³/mol. The number of hydrogen-bond donors (Lipinski definition) is 2. The molecular weight excluding hydrogens is 242 g/mol. The average Bonchev–Trinajstić information content (AvgIpc) is 2.41. The van der Waals surface area contributed by atoms with Gasteiger partial charge in [-0.1, -0.05) is 6.92 Å². The zero-order chi connectivity index (χ0) is 14.3. The first-order chi connectivity index (χ1) is 9.06. The smallest absolute Gasteiger partial charge is 0.224 e. The van der Waals surface area contributed by atoms with Crippen LogP contribution in [-0.4, -0.2) is 43.1 Å². The van der Waals surface area contributed by atoms with Crippen molar-refractivity contribution in [3.63, 3.8) is 0 Å². The molecule has 0 fully saturated rings. The Bertz CT molecular complexity index is 421. The summed E-state index contributed by atoms with van der Waals surface area (Å²) in [6, 6.07) is 1.92. The maximum atomic E-state index is 11.2. The Kier molecular flexibility index (Phi) is 6.05. The van der Waals surface area contributed by atoms with Gasteiger partial charge in [0.25, 0.3) is 0 Å². The highest BCUT2D eigenvalue weighted by Gasteiger charge is 2.08. The largest absolute Gasteiger partial charge is 0.359 e. The second kappa shape index (κ2) is 7.56. The molecule has 19 heavy (non-hydrogen) atoms. The van der Waals surface area contributed by atoms with Crippen LogP contribution in [-0.2, 0) is 4.79 Å². The molecule has 6 nitrogen and oxygen atoms in total. The van der Waals surface area contributed by atoms with Crippen molar-refractivity contribution in [3.05, 3.63) is 11.8 Å². The summed E-state index contributed by atoms with van der Waals surface area (Å²) in [5.41, 5.74) is 0.912. The Labute approximate surface area is 114 Å². The maximum Gasteiger partial charge on any atom is 0.224 e. The lowest BCUT2D eigenvalue weighted by Crippen LogP contribution is -2.27. The van der Waals surface area contributed by atoms with E-state index in [0.29, 0.717) is 18.9 Å². The third-order valence-corrected chi connectivity index (χ3v) is 2.72. The number of aromatic nitrogens is 2. The summed E-state index contributed by atoms with van der Waals surface area (Å²) >= 11 is 0. The second-order valence-electron chi connectivity index (χ2n) is 4.46. The van der Waals surface area contributed by atoms with E-state index in [1.165, 1.54) is 0 Å². The fourth-order valence-electron chi connectivity index (χ4n) is 1.57. The van der Waals surface area contributed by atoms with Crippen LogP contribution in [0.1, 0.15) is 25.5 Å². The van der Waals surface area contributed by atoms with E-state index >= 15 is 0 Å². The fraction of sp³-hybridized carbons (Fsp3) is 0.615. The third kappa shape index (κ3) is 5.11. The van der Waals surface area contributed by atoms with Crippen LogP contribution in [0.3, 0.4) is 0 Å². The van der Waals surface area contributed by atoms with Gasteiger partial charge in [0, 0.05) is 45.4 Å². The Balaban J connectivity index is 2.70. The van der Waals surface area contributed by atoms with Crippen molar-refractivity contribution >= 4 is 17.7 Å². The number of nitrogens with one attached hydrogen (secondary N) is 2. The van der Waals surface area contributed by atoms with E-state index in [-0.39, 0.29) is 5.91 Å². The van der Waals surface area contributed by atoms with Crippen LogP contribution in [0.4, 0.5) is 11.8 Å². The van der Waals surface area contributed by atoms with Crippen LogP contribution in [0.5, 0.6) is 0 Å². The van der Waals surface area contributed by atoms with Crippen molar-refractivity contribution in [1.82, 2.24) is 15.3 Å². The molecule has 1 rings (SSSR count). The molecule has 0 aliphatic carbocycles. The number of aryl methyl sites for hydroxylation is 1. The molecule has 0 saturated carbocycles. The standard InChI is InChI=1S/C13H23N5O/c1-5-7-15-13-16-10(2)9-11(17-13)18(4)8-6-12(19)14-3/h9H,5-8H2,1-4H3,(H,14,19)(H,15,16,17). The van der Waals surface area contributed by atoms with Crippen LogP contribution in [0.15, 0.2) is 6.07 Å². The summed E-state index contributed by atoms with van der Waals surface area (Å²) in [4.78, 5) is 22.0. The van der Waals surface area contributed by atoms with Crippen molar-refractivity contribution in [3.8, 4) is 0 Å². The minimum absolute atomic E-state index is 0.0296. The fourth-order valence-corrected chi connectivity index (χ4v) is 1.57. The van der Waals surface area contributed by atoms with Gasteiger partial charge in [-0.25, -0.2) is 4.98 Å². The van der Waals surface area contributed by atoms with Gasteiger partial charge >= 0.3 is 0 Å². The second-order valence-corrected chi connectivity index (χ2v) is 4.46. The van der Waals surface area contributed by atoms with Crippen molar-refractivity contribution in [2.24, 2.45) is 0 Å². The third-order valence-electron chi connectivity index (χ3n) is 2.72. The quantitative estimate of drug-likeness (QED) is 0.774. The van der Waals surface area contributed by atoms with Crippen molar-refractivity contribution in [2.75, 3.05) is 37.4 Å². The zero-order valence-electron chi connectivity index (χ0n) is 12.2. The lowest BCUT2D eigenvalue weighted by Gasteiger charge is -2.18. The number of amides is 1. The number of hydrogen-bond acceptors (Lipinski definition) is 5. The molecular formula is C13H23N5O. The van der Waals surface area contributed by atoms with E-state index < -0.39 is 0 Å². The summed E-state index contributed by atoms with van der Waals surface area (Å²) in [6.07, 6.45) is 1.48. The topological polar surface area (TPSA) is 70.2 Å². The van der Waals surface area contributed by atoms with Crippen molar-refractivity contribution in [2.45, 2.75) is 26.7 Å². The zero-order valence-corrected chi connectivity index (χ0v) is 12.2. The minimum Gasteiger partial charge on any atom is -0.359 e. The van der Waals surface area contributed by atoms with Crippen LogP contribution >= 0.6 is 0 Å². The van der Waals surface area contributed by atoms with Gasteiger partial charge in [-0.2, -0.15) is 4.98 Å². The van der Waals surface area contributed by atoms with Crippen molar-refractivity contribution in [1.29, 1.82) is 0 Å². The first kappa shape index (κ1) is 15.2. The summed E-state index contributed by atoms with van der Waals surface area (Å²) in [6.45, 7) is 5.52. The summed E-state index contributed by atoms with van der Waals surface area (Å²) in [7, 11) is 3.57. The molecule has 1 amide bonds. The Morgan fingerprint density at radius 1 is 1.42 bits per heavy atom. The van der Waals surface area contributed by atoms with E-state index in [9.17, 15) is 4.79 Å². The monoisotopic (exact) mass is 265 g/mol. The van der Waals surface area contributed by atoms with Gasteiger partial charge in [-0.3, -0.25) is 4.79 Å². The van der Waals surface area contributed by atoms with Gasteiger partial charge in [-0.05, 0) is 13.3 Å². The first-order valence-corrected chi connectivity index (χ1v) is 6.58. The van der Waals surface area contributed by atoms with E-state index in [0.717, 1.165) is 24.5 Å². The van der Waals surface area contributed by atoms with Crippen LogP contribution in [0.25, 0.3) is 0 Å². The molecule has 0 aromatic carbocycles. The highest BCUT2D eigenvalue weighted by Crippen LogP contribution is 2.13. The van der Waals surface area contributed by atoms with Gasteiger partial charge in [0.2, 0.25) is 11.9 Å². The van der Waals surface area contributed by atoms with Gasteiger partial charge in [0.05, 0.1) is 0 Å². The molecule has 1 aromatic rings. The Hall–Kier alpha value is -1.85. The van der Waals surface area contributed by atoms with Gasteiger partial charge in [-0.15, -0.1) is 0 Å². The molecule has 6 heteroatoms. The summed E-state index contributed by atoms with van der Waals surface area (Å²) in [5, 5.41) is 5.79. The summed E-state index contributed by atoms with van der Waals surface area (Å²) in [5.74, 6) is 1.50. The molecule has 106 valence electrons. The highest BCUT2D eigenvalue weighted by atomic mass is 16.1. The molecule has 2 N–H and O–H groups in total. The van der Waals surface area contributed by atoms with E-state index in [2.05, 4.69) is 27.5 Å². The molecule has 0 atom stereocenters. The molecule has 0 bridgehead atoms. The minimum atomic E-state index is 0.0296. The Morgan fingerprint density at radius 3 is 2.79 bits per heavy atom. The molecule has 0 aliphatic rings. The van der Waals surface area contributed by atoms with Crippen LogP contribution in [0.2, 0.25) is 0 Å². The lowest BCUT2D eigenvalue weighted by atomic mass is 10.3. The number of carbonyl (C=O) groups excluding carboxylic acids is 1. The summed E-state index contributed by atoms with van der Waals surface area (Å²) < 4.78 is 0. The number of nitrogens with zero attached hydrogens (tertiary/aromatic N) is 3. The number of anilines is 2. The van der Waals surface area contributed by atoms with E-state index in [4.69, 9.17) is 0 Å². The van der Waals surface area contributed by atoms with Crippen LogP contribution < -0.4 is 15.5 Å². The number of rotatable bonds is 7. The van der Waals surface area contributed by atoms with Gasteiger partial charge in [0.1, 0.15) is 5.82 Å². The molecule has 0 spiro atoms. The van der Waals surface area contributed by atoms with Crippen LogP contribution in [0, 0.1) is 6.92 Å². The van der Waals surface area contributed by atoms with Crippen molar-refractivity contribution < 1.29 is 4.79 Å². The highest BCUT2D eigenvalue weighted by molar-refractivity contribution is 5.76. The molecule has 1 heterocycles. The molecule has 0 unspecified atom stereocenters. The van der Waals surface area contributed by atoms with Gasteiger partial charge < -0.3 is 15.5 Å². The molecule has 0 saturated heterocycles. The number of carbonyl (C=O) groups is 1. The molecule has 1 aromatic heterocycles. The predicted octanol–water partition coefficient (Wildman–Crippen LogP) is 1.18. The SMILES string of the molecule is CCCNc1nc(C)cc(N(C)CCC(=O)NC)n1.